The van der Waals surface area contributed by atoms with Crippen molar-refractivity contribution < 1.29 is 19.1 Å². The molecule has 0 bridgehead atoms. The third kappa shape index (κ3) is 4.86. The van der Waals surface area contributed by atoms with E-state index in [0.29, 0.717) is 12.2 Å². The Labute approximate surface area is 136 Å². The van der Waals surface area contributed by atoms with Crippen molar-refractivity contribution in [3.63, 3.8) is 0 Å². The second-order valence-corrected chi connectivity index (χ2v) is 5.64. The van der Waals surface area contributed by atoms with Crippen molar-refractivity contribution in [1.29, 1.82) is 0 Å². The Hall–Kier alpha value is -2.27. The molecule has 23 heavy (non-hydrogen) atoms. The van der Waals surface area contributed by atoms with Gasteiger partial charge >= 0.3 is 0 Å². The van der Waals surface area contributed by atoms with Crippen molar-refractivity contribution in [2.24, 2.45) is 5.92 Å². The number of rotatable bonds is 8. The Morgan fingerprint density at radius 1 is 1.30 bits per heavy atom. The molecular formula is C18H23NO4. The number of carbonyl (C=O) groups excluding carboxylic acids is 1. The van der Waals surface area contributed by atoms with Crippen LogP contribution in [0.4, 0.5) is 0 Å². The van der Waals surface area contributed by atoms with E-state index in [0.717, 1.165) is 17.7 Å². The summed E-state index contributed by atoms with van der Waals surface area (Å²) in [4.78, 5) is 12.2. The number of furan rings is 1. The molecule has 2 N–H and O–H groups in total. The van der Waals surface area contributed by atoms with Crippen LogP contribution < -0.4 is 10.1 Å². The number of carbonyl (C=O) groups is 1. The van der Waals surface area contributed by atoms with Crippen LogP contribution >= 0.6 is 0 Å². The van der Waals surface area contributed by atoms with Gasteiger partial charge in [0, 0.05) is 6.42 Å². The Balaban J connectivity index is 1.89. The molecule has 0 radical (unpaired) electrons. The SMILES string of the molecule is COc1ccccc1CC(C)CC(=O)NC(CO)c1ccco1. The Morgan fingerprint density at radius 3 is 2.74 bits per heavy atom. The molecule has 2 unspecified atom stereocenters. The number of nitrogens with one attached hydrogen (secondary N) is 1. The molecular weight excluding hydrogens is 294 g/mol. The lowest BCUT2D eigenvalue weighted by atomic mass is 9.97. The first kappa shape index (κ1) is 17.1. The topological polar surface area (TPSA) is 71.7 Å². The van der Waals surface area contributed by atoms with Crippen LogP contribution in [0.3, 0.4) is 0 Å². The van der Waals surface area contributed by atoms with E-state index in [1.807, 2.05) is 31.2 Å². The number of ether oxygens (including phenoxy) is 1. The molecule has 2 aromatic rings. The van der Waals surface area contributed by atoms with Gasteiger partial charge in [-0.2, -0.15) is 0 Å². The molecule has 0 spiro atoms. The average Bonchev–Trinajstić information content (AvgIpc) is 3.07. The lowest BCUT2D eigenvalue weighted by Crippen LogP contribution is -2.31. The minimum atomic E-state index is -0.504. The van der Waals surface area contributed by atoms with Crippen LogP contribution in [0.2, 0.25) is 0 Å². The summed E-state index contributed by atoms with van der Waals surface area (Å²) in [5.74, 6) is 1.44. The van der Waals surface area contributed by atoms with Gasteiger partial charge in [-0.05, 0) is 36.1 Å². The molecule has 1 heterocycles. The van der Waals surface area contributed by atoms with Crippen LogP contribution in [0.5, 0.6) is 5.75 Å². The maximum atomic E-state index is 12.2. The van der Waals surface area contributed by atoms with Crippen molar-refractivity contribution in [2.45, 2.75) is 25.8 Å². The standard InChI is InChI=1S/C18H23NO4/c1-13(10-14-6-3-4-7-16(14)22-2)11-18(21)19-15(12-20)17-8-5-9-23-17/h3-9,13,15,20H,10-12H2,1-2H3,(H,19,21). The van der Waals surface area contributed by atoms with Crippen molar-refractivity contribution in [3.8, 4) is 5.75 Å². The van der Waals surface area contributed by atoms with Gasteiger partial charge in [-0.15, -0.1) is 0 Å². The molecule has 5 heteroatoms. The zero-order chi connectivity index (χ0) is 16.7. The monoisotopic (exact) mass is 317 g/mol. The summed E-state index contributed by atoms with van der Waals surface area (Å²) in [7, 11) is 1.64. The molecule has 2 atom stereocenters. The van der Waals surface area contributed by atoms with E-state index in [1.54, 1.807) is 19.2 Å². The molecule has 0 aliphatic carbocycles. The number of benzene rings is 1. The summed E-state index contributed by atoms with van der Waals surface area (Å²) in [6, 6.07) is 10.8. The average molecular weight is 317 g/mol. The van der Waals surface area contributed by atoms with E-state index in [-0.39, 0.29) is 18.4 Å². The molecule has 0 saturated heterocycles. The Bertz CT molecular complexity index is 609. The van der Waals surface area contributed by atoms with E-state index < -0.39 is 6.04 Å². The fourth-order valence-electron chi connectivity index (χ4n) is 2.59. The smallest absolute Gasteiger partial charge is 0.220 e. The summed E-state index contributed by atoms with van der Waals surface area (Å²) in [6.45, 7) is 1.83. The van der Waals surface area contributed by atoms with E-state index >= 15 is 0 Å². The first-order valence-electron chi connectivity index (χ1n) is 7.69. The van der Waals surface area contributed by atoms with Crippen molar-refractivity contribution in [2.75, 3.05) is 13.7 Å². The lowest BCUT2D eigenvalue weighted by molar-refractivity contribution is -0.123. The van der Waals surface area contributed by atoms with Crippen LogP contribution in [0.1, 0.15) is 30.7 Å². The number of aliphatic hydroxyl groups excluding tert-OH is 1. The Morgan fingerprint density at radius 2 is 2.09 bits per heavy atom. The molecule has 124 valence electrons. The number of aliphatic hydroxyl groups is 1. The third-order valence-electron chi connectivity index (χ3n) is 3.70. The number of amides is 1. The highest BCUT2D eigenvalue weighted by atomic mass is 16.5. The maximum Gasteiger partial charge on any atom is 0.220 e. The van der Waals surface area contributed by atoms with Gasteiger partial charge in [-0.1, -0.05) is 25.1 Å². The highest BCUT2D eigenvalue weighted by molar-refractivity contribution is 5.76. The van der Waals surface area contributed by atoms with Gasteiger partial charge in [0.25, 0.3) is 0 Å². The molecule has 0 fully saturated rings. The van der Waals surface area contributed by atoms with Gasteiger partial charge in [0.1, 0.15) is 17.6 Å². The molecule has 0 saturated carbocycles. The summed E-state index contributed by atoms with van der Waals surface area (Å²) in [5.41, 5.74) is 1.08. The predicted molar refractivity (Wildman–Crippen MR) is 87.2 cm³/mol. The van der Waals surface area contributed by atoms with Gasteiger partial charge in [-0.25, -0.2) is 0 Å². The fraction of sp³-hybridized carbons (Fsp3) is 0.389. The number of hydrogen-bond acceptors (Lipinski definition) is 4. The highest BCUT2D eigenvalue weighted by Gasteiger charge is 2.18. The van der Waals surface area contributed by atoms with Gasteiger partial charge in [0.05, 0.1) is 20.0 Å². The minimum absolute atomic E-state index is 0.108. The number of hydrogen-bond donors (Lipinski definition) is 2. The van der Waals surface area contributed by atoms with E-state index in [1.165, 1.54) is 6.26 Å². The van der Waals surface area contributed by atoms with Gasteiger partial charge < -0.3 is 19.6 Å². The second kappa shape index (κ2) is 8.39. The van der Waals surface area contributed by atoms with Crippen molar-refractivity contribution >= 4 is 5.91 Å². The van der Waals surface area contributed by atoms with E-state index in [4.69, 9.17) is 9.15 Å². The van der Waals surface area contributed by atoms with Crippen LogP contribution in [0.15, 0.2) is 47.1 Å². The normalized spacial score (nSPS) is 13.3. The minimum Gasteiger partial charge on any atom is -0.496 e. The fourth-order valence-corrected chi connectivity index (χ4v) is 2.59. The second-order valence-electron chi connectivity index (χ2n) is 5.64. The molecule has 1 aromatic carbocycles. The Kier molecular flexibility index (Phi) is 6.23. The molecule has 0 aliphatic rings. The third-order valence-corrected chi connectivity index (χ3v) is 3.70. The molecule has 5 nitrogen and oxygen atoms in total. The van der Waals surface area contributed by atoms with Crippen LogP contribution in [0.25, 0.3) is 0 Å². The zero-order valence-corrected chi connectivity index (χ0v) is 13.5. The van der Waals surface area contributed by atoms with Crippen LogP contribution in [-0.2, 0) is 11.2 Å². The highest BCUT2D eigenvalue weighted by Crippen LogP contribution is 2.22. The predicted octanol–water partition coefficient (Wildman–Crippen LogP) is 2.71. The zero-order valence-electron chi connectivity index (χ0n) is 13.5. The van der Waals surface area contributed by atoms with Crippen LogP contribution in [0, 0.1) is 5.92 Å². The molecule has 1 amide bonds. The van der Waals surface area contributed by atoms with Crippen molar-refractivity contribution in [1.82, 2.24) is 5.32 Å². The maximum absolute atomic E-state index is 12.2. The van der Waals surface area contributed by atoms with E-state index in [2.05, 4.69) is 5.32 Å². The quantitative estimate of drug-likeness (QED) is 0.785. The lowest BCUT2D eigenvalue weighted by Gasteiger charge is -2.17. The number of para-hydroxylation sites is 1. The van der Waals surface area contributed by atoms with Gasteiger partial charge in [0.15, 0.2) is 0 Å². The largest absolute Gasteiger partial charge is 0.496 e. The summed E-state index contributed by atoms with van der Waals surface area (Å²) < 4.78 is 10.6. The number of methoxy groups -OCH3 is 1. The summed E-state index contributed by atoms with van der Waals surface area (Å²) in [6.07, 6.45) is 2.64. The van der Waals surface area contributed by atoms with Gasteiger partial charge in [-0.3, -0.25) is 4.79 Å². The van der Waals surface area contributed by atoms with Crippen LogP contribution in [-0.4, -0.2) is 24.7 Å². The van der Waals surface area contributed by atoms with Crippen molar-refractivity contribution in [3.05, 3.63) is 54.0 Å². The first-order valence-corrected chi connectivity index (χ1v) is 7.69. The van der Waals surface area contributed by atoms with Gasteiger partial charge in [0.2, 0.25) is 5.91 Å². The summed E-state index contributed by atoms with van der Waals surface area (Å²) in [5, 5.41) is 12.2. The molecule has 2 rings (SSSR count). The molecule has 0 aliphatic heterocycles. The molecule has 1 aromatic heterocycles. The first-order chi connectivity index (χ1) is 11.1. The van der Waals surface area contributed by atoms with E-state index in [9.17, 15) is 9.90 Å². The summed E-state index contributed by atoms with van der Waals surface area (Å²) >= 11 is 0.